The van der Waals surface area contributed by atoms with Crippen LogP contribution in [0.4, 0.5) is 0 Å². The van der Waals surface area contributed by atoms with Gasteiger partial charge < -0.3 is 5.73 Å². The highest BCUT2D eigenvalue weighted by atomic mass is 35.5. The number of rotatable bonds is 5. The molecular formula is C17H17ClN2S. The zero-order valence-corrected chi connectivity index (χ0v) is 13.2. The Kier molecular flexibility index (Phi) is 4.54. The van der Waals surface area contributed by atoms with Crippen molar-refractivity contribution in [1.82, 2.24) is 4.98 Å². The molecule has 0 saturated heterocycles. The summed E-state index contributed by atoms with van der Waals surface area (Å²) >= 11 is 7.99. The second-order valence-corrected chi connectivity index (χ2v) is 6.70. The van der Waals surface area contributed by atoms with Gasteiger partial charge in [-0.3, -0.25) is 0 Å². The summed E-state index contributed by atoms with van der Waals surface area (Å²) in [6.07, 6.45) is 1.80. The summed E-state index contributed by atoms with van der Waals surface area (Å²) in [5, 5.41) is 1.97. The normalized spacial score (nSPS) is 12.7. The molecule has 0 fully saturated rings. The SMILES string of the molecule is NCC(Cc1nc2ccccc2s1)Cc1ccccc1Cl. The lowest BCUT2D eigenvalue weighted by molar-refractivity contribution is 0.532. The molecule has 0 aliphatic carbocycles. The molecule has 4 heteroatoms. The van der Waals surface area contributed by atoms with Gasteiger partial charge in [0.2, 0.25) is 0 Å². The van der Waals surface area contributed by atoms with Gasteiger partial charge in [-0.1, -0.05) is 41.9 Å². The lowest BCUT2D eigenvalue weighted by atomic mass is 9.96. The third kappa shape index (κ3) is 3.43. The van der Waals surface area contributed by atoms with E-state index in [2.05, 4.69) is 24.3 Å². The summed E-state index contributed by atoms with van der Waals surface area (Å²) in [5.74, 6) is 0.366. The van der Waals surface area contributed by atoms with Crippen LogP contribution in [0.5, 0.6) is 0 Å². The second kappa shape index (κ2) is 6.56. The molecular weight excluding hydrogens is 300 g/mol. The van der Waals surface area contributed by atoms with E-state index < -0.39 is 0 Å². The van der Waals surface area contributed by atoms with Crippen molar-refractivity contribution in [3.8, 4) is 0 Å². The number of hydrogen-bond donors (Lipinski definition) is 1. The fourth-order valence-corrected chi connectivity index (χ4v) is 3.76. The molecule has 0 radical (unpaired) electrons. The highest BCUT2D eigenvalue weighted by Crippen LogP contribution is 2.25. The molecule has 0 aliphatic heterocycles. The quantitative estimate of drug-likeness (QED) is 0.761. The van der Waals surface area contributed by atoms with Crippen LogP contribution in [0.3, 0.4) is 0 Å². The van der Waals surface area contributed by atoms with Gasteiger partial charge in [-0.15, -0.1) is 11.3 Å². The van der Waals surface area contributed by atoms with Gasteiger partial charge in [0, 0.05) is 11.4 Å². The molecule has 1 atom stereocenters. The summed E-state index contributed by atoms with van der Waals surface area (Å²) in [4.78, 5) is 4.69. The van der Waals surface area contributed by atoms with E-state index in [0.717, 1.165) is 34.0 Å². The molecule has 2 aromatic carbocycles. The highest BCUT2D eigenvalue weighted by molar-refractivity contribution is 7.18. The molecule has 1 heterocycles. The molecule has 21 heavy (non-hydrogen) atoms. The van der Waals surface area contributed by atoms with Crippen molar-refractivity contribution in [2.24, 2.45) is 11.7 Å². The first-order chi connectivity index (χ1) is 10.3. The summed E-state index contributed by atoms with van der Waals surface area (Å²) in [7, 11) is 0. The van der Waals surface area contributed by atoms with Gasteiger partial charge in [-0.25, -0.2) is 4.98 Å². The third-order valence-corrected chi connectivity index (χ3v) is 5.03. The zero-order valence-electron chi connectivity index (χ0n) is 11.6. The summed E-state index contributed by atoms with van der Waals surface area (Å²) in [5.41, 5.74) is 8.18. The molecule has 0 aliphatic rings. The van der Waals surface area contributed by atoms with Crippen LogP contribution < -0.4 is 5.73 Å². The second-order valence-electron chi connectivity index (χ2n) is 5.18. The number of nitrogens with zero attached hydrogens (tertiary/aromatic N) is 1. The number of thiazole rings is 1. The Bertz CT molecular complexity index is 705. The van der Waals surface area contributed by atoms with E-state index in [1.165, 1.54) is 4.70 Å². The minimum Gasteiger partial charge on any atom is -0.330 e. The van der Waals surface area contributed by atoms with Crippen molar-refractivity contribution < 1.29 is 0 Å². The third-order valence-electron chi connectivity index (χ3n) is 3.60. The van der Waals surface area contributed by atoms with Crippen LogP contribution in [0.25, 0.3) is 10.2 Å². The molecule has 0 saturated carbocycles. The number of hydrogen-bond acceptors (Lipinski definition) is 3. The summed E-state index contributed by atoms with van der Waals surface area (Å²) in [6, 6.07) is 16.2. The van der Waals surface area contributed by atoms with E-state index >= 15 is 0 Å². The van der Waals surface area contributed by atoms with E-state index in [9.17, 15) is 0 Å². The van der Waals surface area contributed by atoms with Crippen molar-refractivity contribution in [3.63, 3.8) is 0 Å². The van der Waals surface area contributed by atoms with E-state index in [-0.39, 0.29) is 0 Å². The maximum atomic E-state index is 6.24. The monoisotopic (exact) mass is 316 g/mol. The number of nitrogens with two attached hydrogens (primary N) is 1. The topological polar surface area (TPSA) is 38.9 Å². The molecule has 1 unspecified atom stereocenters. The molecule has 3 aromatic rings. The average molecular weight is 317 g/mol. The fourth-order valence-electron chi connectivity index (χ4n) is 2.47. The van der Waals surface area contributed by atoms with Crippen LogP contribution in [0.15, 0.2) is 48.5 Å². The van der Waals surface area contributed by atoms with Crippen molar-refractivity contribution in [2.45, 2.75) is 12.8 Å². The first kappa shape index (κ1) is 14.5. The summed E-state index contributed by atoms with van der Waals surface area (Å²) < 4.78 is 1.24. The van der Waals surface area contributed by atoms with Crippen LogP contribution in [-0.4, -0.2) is 11.5 Å². The Balaban J connectivity index is 1.76. The first-order valence-electron chi connectivity index (χ1n) is 7.04. The highest BCUT2D eigenvalue weighted by Gasteiger charge is 2.13. The van der Waals surface area contributed by atoms with Crippen LogP contribution in [0.1, 0.15) is 10.6 Å². The van der Waals surface area contributed by atoms with Crippen molar-refractivity contribution >= 4 is 33.2 Å². The van der Waals surface area contributed by atoms with Crippen molar-refractivity contribution in [2.75, 3.05) is 6.54 Å². The molecule has 0 bridgehead atoms. The standard InChI is InChI=1S/C17H17ClN2S/c18-14-6-2-1-5-13(14)9-12(11-19)10-17-20-15-7-3-4-8-16(15)21-17/h1-8,12H,9-11,19H2. The fraction of sp³-hybridized carbons (Fsp3) is 0.235. The van der Waals surface area contributed by atoms with Gasteiger partial charge in [-0.2, -0.15) is 0 Å². The van der Waals surface area contributed by atoms with Crippen molar-refractivity contribution in [1.29, 1.82) is 0 Å². The predicted molar refractivity (Wildman–Crippen MR) is 91.0 cm³/mol. The Morgan fingerprint density at radius 1 is 1.05 bits per heavy atom. The molecule has 2 nitrogen and oxygen atoms in total. The molecule has 0 spiro atoms. The van der Waals surface area contributed by atoms with Crippen LogP contribution in [0.2, 0.25) is 5.02 Å². The molecule has 2 N–H and O–H groups in total. The maximum absolute atomic E-state index is 6.24. The molecule has 3 rings (SSSR count). The van der Waals surface area contributed by atoms with Gasteiger partial charge in [0.25, 0.3) is 0 Å². The van der Waals surface area contributed by atoms with Crippen LogP contribution in [0, 0.1) is 5.92 Å². The number of benzene rings is 2. The Morgan fingerprint density at radius 3 is 2.57 bits per heavy atom. The van der Waals surface area contributed by atoms with Gasteiger partial charge in [0.1, 0.15) is 0 Å². The lowest BCUT2D eigenvalue weighted by Crippen LogP contribution is -2.19. The van der Waals surface area contributed by atoms with Gasteiger partial charge in [-0.05, 0) is 42.6 Å². The minimum absolute atomic E-state index is 0.366. The van der Waals surface area contributed by atoms with E-state index in [1.807, 2.05) is 24.3 Å². The molecule has 1 aromatic heterocycles. The summed E-state index contributed by atoms with van der Waals surface area (Å²) in [6.45, 7) is 0.640. The lowest BCUT2D eigenvalue weighted by Gasteiger charge is -2.14. The smallest absolute Gasteiger partial charge is 0.0941 e. The minimum atomic E-state index is 0.366. The molecule has 0 amide bonds. The van der Waals surface area contributed by atoms with Gasteiger partial charge in [0.15, 0.2) is 0 Å². The first-order valence-corrected chi connectivity index (χ1v) is 8.23. The average Bonchev–Trinajstić information content (AvgIpc) is 2.91. The predicted octanol–water partition coefficient (Wildman–Crippen LogP) is 4.31. The Hall–Kier alpha value is -1.42. The Morgan fingerprint density at radius 2 is 1.81 bits per heavy atom. The number of halogens is 1. The van der Waals surface area contributed by atoms with E-state index in [0.29, 0.717) is 12.5 Å². The van der Waals surface area contributed by atoms with Crippen molar-refractivity contribution in [3.05, 3.63) is 64.1 Å². The van der Waals surface area contributed by atoms with Gasteiger partial charge >= 0.3 is 0 Å². The van der Waals surface area contributed by atoms with E-state index in [1.54, 1.807) is 11.3 Å². The van der Waals surface area contributed by atoms with Crippen LogP contribution in [-0.2, 0) is 12.8 Å². The maximum Gasteiger partial charge on any atom is 0.0941 e. The number of para-hydroxylation sites is 1. The zero-order chi connectivity index (χ0) is 14.7. The number of aromatic nitrogens is 1. The Labute approximate surface area is 133 Å². The number of fused-ring (bicyclic) bond motifs is 1. The van der Waals surface area contributed by atoms with Crippen LogP contribution >= 0.6 is 22.9 Å². The largest absolute Gasteiger partial charge is 0.330 e. The van der Waals surface area contributed by atoms with Gasteiger partial charge in [0.05, 0.1) is 15.2 Å². The molecule has 108 valence electrons. The van der Waals surface area contributed by atoms with E-state index in [4.69, 9.17) is 22.3 Å².